The van der Waals surface area contributed by atoms with Crippen molar-refractivity contribution in [3.63, 3.8) is 0 Å². The zero-order valence-corrected chi connectivity index (χ0v) is 19.9. The Morgan fingerprint density at radius 1 is 0.824 bits per heavy atom. The molecule has 2 saturated heterocycles. The number of aromatic nitrogens is 2. The first kappa shape index (κ1) is 22.5. The van der Waals surface area contributed by atoms with E-state index in [1.165, 1.54) is 11.1 Å². The van der Waals surface area contributed by atoms with Crippen molar-refractivity contribution in [1.29, 1.82) is 0 Å². The molecular formula is C28H33N5O. The predicted octanol–water partition coefficient (Wildman–Crippen LogP) is 3.94. The van der Waals surface area contributed by atoms with Crippen LogP contribution in [0.1, 0.15) is 35.7 Å². The molecule has 0 radical (unpaired) electrons. The Balaban J connectivity index is 1.24. The van der Waals surface area contributed by atoms with E-state index in [0.29, 0.717) is 5.91 Å². The molecule has 0 bridgehead atoms. The first-order chi connectivity index (χ1) is 16.7. The zero-order valence-electron chi connectivity index (χ0n) is 19.9. The number of hydrogen-bond donors (Lipinski definition) is 0. The standard InChI is InChI=1S/C28H33N5O/c1-22-14-15-26(30-29-22)33-16-8-13-25(21-33)28(34)32-19-17-31(18-20-32)27(23-9-4-2-5-10-23)24-11-6-3-7-12-24/h2-7,9-12,14-15,25,27H,8,13,16-21H2,1H3. The number of nitrogens with zero attached hydrogens (tertiary/aromatic N) is 5. The Hall–Kier alpha value is -3.25. The van der Waals surface area contributed by atoms with E-state index in [1.807, 2.05) is 19.1 Å². The van der Waals surface area contributed by atoms with Crippen molar-refractivity contribution in [3.8, 4) is 0 Å². The minimum atomic E-state index is 0.0300. The maximum absolute atomic E-state index is 13.4. The van der Waals surface area contributed by atoms with Gasteiger partial charge >= 0.3 is 0 Å². The number of amides is 1. The van der Waals surface area contributed by atoms with Crippen LogP contribution in [0.4, 0.5) is 5.82 Å². The highest BCUT2D eigenvalue weighted by molar-refractivity contribution is 5.80. The van der Waals surface area contributed by atoms with Crippen molar-refractivity contribution in [1.82, 2.24) is 20.0 Å². The fraction of sp³-hybridized carbons (Fsp3) is 0.393. The topological polar surface area (TPSA) is 52.6 Å². The van der Waals surface area contributed by atoms with E-state index in [0.717, 1.165) is 63.6 Å². The number of aryl methyl sites for hydroxylation is 1. The number of rotatable bonds is 5. The average Bonchev–Trinajstić information content (AvgIpc) is 2.91. The van der Waals surface area contributed by atoms with Crippen molar-refractivity contribution in [2.45, 2.75) is 25.8 Å². The molecule has 34 heavy (non-hydrogen) atoms. The first-order valence-corrected chi connectivity index (χ1v) is 12.4. The summed E-state index contributed by atoms with van der Waals surface area (Å²) in [6, 6.07) is 25.6. The summed E-state index contributed by atoms with van der Waals surface area (Å²) in [6.45, 7) is 6.91. The fourth-order valence-corrected chi connectivity index (χ4v) is 5.29. The monoisotopic (exact) mass is 455 g/mol. The van der Waals surface area contributed by atoms with Gasteiger partial charge in [0.1, 0.15) is 0 Å². The molecule has 176 valence electrons. The Morgan fingerprint density at radius 3 is 2.06 bits per heavy atom. The zero-order chi connectivity index (χ0) is 23.3. The van der Waals surface area contributed by atoms with Crippen molar-refractivity contribution in [2.75, 3.05) is 44.2 Å². The summed E-state index contributed by atoms with van der Waals surface area (Å²) < 4.78 is 0. The third-order valence-corrected chi connectivity index (χ3v) is 7.10. The Kier molecular flexibility index (Phi) is 6.86. The number of piperidine rings is 1. The van der Waals surface area contributed by atoms with Gasteiger partial charge in [0, 0.05) is 39.3 Å². The quantitative estimate of drug-likeness (QED) is 0.583. The van der Waals surface area contributed by atoms with Gasteiger partial charge in [-0.1, -0.05) is 60.7 Å². The van der Waals surface area contributed by atoms with Gasteiger partial charge in [-0.3, -0.25) is 9.69 Å². The third-order valence-electron chi connectivity index (χ3n) is 7.10. The van der Waals surface area contributed by atoms with Gasteiger partial charge in [-0.2, -0.15) is 5.10 Å². The molecule has 2 fully saturated rings. The minimum Gasteiger partial charge on any atom is -0.354 e. The van der Waals surface area contributed by atoms with Crippen molar-refractivity contribution >= 4 is 11.7 Å². The smallest absolute Gasteiger partial charge is 0.227 e. The number of benzene rings is 2. The maximum Gasteiger partial charge on any atom is 0.227 e. The van der Waals surface area contributed by atoms with Gasteiger partial charge in [-0.05, 0) is 43.0 Å². The summed E-state index contributed by atoms with van der Waals surface area (Å²) in [6.07, 6.45) is 1.96. The summed E-state index contributed by atoms with van der Waals surface area (Å²) in [4.78, 5) is 20.3. The van der Waals surface area contributed by atoms with Crippen molar-refractivity contribution < 1.29 is 4.79 Å². The van der Waals surface area contributed by atoms with Crippen molar-refractivity contribution in [3.05, 3.63) is 89.6 Å². The molecule has 1 amide bonds. The van der Waals surface area contributed by atoms with E-state index in [4.69, 9.17) is 0 Å². The van der Waals surface area contributed by atoms with Crippen LogP contribution >= 0.6 is 0 Å². The second-order valence-corrected chi connectivity index (χ2v) is 9.40. The Labute approximate surface area is 202 Å². The number of piperazine rings is 1. The van der Waals surface area contributed by atoms with Crippen LogP contribution in [0.25, 0.3) is 0 Å². The molecule has 1 aromatic heterocycles. The molecule has 0 aliphatic carbocycles. The van der Waals surface area contributed by atoms with Gasteiger partial charge < -0.3 is 9.80 Å². The van der Waals surface area contributed by atoms with E-state index in [-0.39, 0.29) is 12.0 Å². The highest BCUT2D eigenvalue weighted by atomic mass is 16.2. The molecule has 2 aromatic carbocycles. The van der Waals surface area contributed by atoms with E-state index >= 15 is 0 Å². The highest BCUT2D eigenvalue weighted by Gasteiger charge is 2.33. The van der Waals surface area contributed by atoms with Crippen LogP contribution in [0.3, 0.4) is 0 Å². The van der Waals surface area contributed by atoms with Gasteiger partial charge in [0.2, 0.25) is 5.91 Å². The summed E-state index contributed by atoms with van der Waals surface area (Å²) in [5.41, 5.74) is 3.52. The molecule has 6 nitrogen and oxygen atoms in total. The SMILES string of the molecule is Cc1ccc(N2CCCC(C(=O)N3CCN(C(c4ccccc4)c4ccccc4)CC3)C2)nn1. The van der Waals surface area contributed by atoms with Crippen LogP contribution < -0.4 is 4.90 Å². The summed E-state index contributed by atoms with van der Waals surface area (Å²) in [5, 5.41) is 8.54. The normalized spacial score (nSPS) is 19.4. The Bertz CT molecular complexity index is 1030. The minimum absolute atomic E-state index is 0.0300. The van der Waals surface area contributed by atoms with Crippen LogP contribution in [-0.2, 0) is 4.79 Å². The molecular weight excluding hydrogens is 422 g/mol. The highest BCUT2D eigenvalue weighted by Crippen LogP contribution is 2.30. The second-order valence-electron chi connectivity index (χ2n) is 9.40. The van der Waals surface area contributed by atoms with Crippen LogP contribution in [0.5, 0.6) is 0 Å². The lowest BCUT2D eigenvalue weighted by atomic mass is 9.95. The van der Waals surface area contributed by atoms with Crippen LogP contribution in [0, 0.1) is 12.8 Å². The van der Waals surface area contributed by atoms with Gasteiger partial charge in [0.25, 0.3) is 0 Å². The van der Waals surface area contributed by atoms with Gasteiger partial charge in [-0.25, -0.2) is 0 Å². The molecule has 2 aliphatic heterocycles. The van der Waals surface area contributed by atoms with Gasteiger partial charge in [0.15, 0.2) is 5.82 Å². The lowest BCUT2D eigenvalue weighted by Crippen LogP contribution is -2.53. The van der Waals surface area contributed by atoms with E-state index in [2.05, 4.69) is 85.6 Å². The molecule has 1 unspecified atom stereocenters. The lowest BCUT2D eigenvalue weighted by molar-refractivity contribution is -0.137. The number of carbonyl (C=O) groups is 1. The van der Waals surface area contributed by atoms with Gasteiger partial charge in [0.05, 0.1) is 17.7 Å². The van der Waals surface area contributed by atoms with Gasteiger partial charge in [-0.15, -0.1) is 5.10 Å². The number of hydrogen-bond acceptors (Lipinski definition) is 5. The molecule has 0 spiro atoms. The molecule has 3 heterocycles. The van der Waals surface area contributed by atoms with Crippen LogP contribution in [0.15, 0.2) is 72.8 Å². The Morgan fingerprint density at radius 2 is 1.47 bits per heavy atom. The summed E-state index contributed by atoms with van der Waals surface area (Å²) >= 11 is 0. The maximum atomic E-state index is 13.4. The number of anilines is 1. The fourth-order valence-electron chi connectivity index (χ4n) is 5.29. The molecule has 6 heteroatoms. The van der Waals surface area contributed by atoms with E-state index < -0.39 is 0 Å². The first-order valence-electron chi connectivity index (χ1n) is 12.4. The third kappa shape index (κ3) is 4.97. The summed E-state index contributed by atoms with van der Waals surface area (Å²) in [7, 11) is 0. The largest absolute Gasteiger partial charge is 0.354 e. The molecule has 3 aromatic rings. The van der Waals surface area contributed by atoms with E-state index in [1.54, 1.807) is 0 Å². The van der Waals surface area contributed by atoms with Crippen LogP contribution in [-0.4, -0.2) is 65.2 Å². The van der Waals surface area contributed by atoms with Crippen molar-refractivity contribution in [2.24, 2.45) is 5.92 Å². The summed E-state index contributed by atoms with van der Waals surface area (Å²) in [5.74, 6) is 1.20. The van der Waals surface area contributed by atoms with Crippen LogP contribution in [0.2, 0.25) is 0 Å². The lowest BCUT2D eigenvalue weighted by Gasteiger charge is -2.42. The van der Waals surface area contributed by atoms with E-state index in [9.17, 15) is 4.79 Å². The molecule has 1 atom stereocenters. The molecule has 2 aliphatic rings. The molecule has 5 rings (SSSR count). The number of carbonyl (C=O) groups excluding carboxylic acids is 1. The molecule has 0 saturated carbocycles. The average molecular weight is 456 g/mol. The molecule has 0 N–H and O–H groups in total. The second kappa shape index (κ2) is 10.3. The predicted molar refractivity (Wildman–Crippen MR) is 135 cm³/mol.